The fourth-order valence-corrected chi connectivity index (χ4v) is 3.24. The van der Waals surface area contributed by atoms with E-state index in [1.165, 1.54) is 12.1 Å². The number of amides is 2. The fraction of sp³-hybridized carbons (Fsp3) is 0.529. The number of nitrogens with zero attached hydrogens (tertiary/aromatic N) is 1. The van der Waals surface area contributed by atoms with Gasteiger partial charge < -0.3 is 19.7 Å². The lowest BCUT2D eigenvalue weighted by atomic mass is 10.1. The average molecular weight is 372 g/mol. The van der Waals surface area contributed by atoms with Crippen LogP contribution in [0.25, 0.3) is 0 Å². The quantitative estimate of drug-likeness (QED) is 0.882. The van der Waals surface area contributed by atoms with Gasteiger partial charge in [-0.25, -0.2) is 0 Å². The van der Waals surface area contributed by atoms with Gasteiger partial charge in [-0.1, -0.05) is 0 Å². The molecular formula is C17H19F3N2O4. The fourth-order valence-electron chi connectivity index (χ4n) is 3.24. The number of likely N-dealkylation sites (tertiary alicyclic amines) is 1. The molecule has 0 aliphatic carbocycles. The number of halogens is 3. The van der Waals surface area contributed by atoms with Gasteiger partial charge >= 0.3 is 6.36 Å². The summed E-state index contributed by atoms with van der Waals surface area (Å²) >= 11 is 0. The Morgan fingerprint density at radius 1 is 1.19 bits per heavy atom. The molecule has 1 unspecified atom stereocenters. The zero-order valence-electron chi connectivity index (χ0n) is 13.9. The topological polar surface area (TPSA) is 67.9 Å². The maximum Gasteiger partial charge on any atom is 0.573 e. The van der Waals surface area contributed by atoms with E-state index >= 15 is 0 Å². The first-order chi connectivity index (χ1) is 12.3. The molecule has 9 heteroatoms. The summed E-state index contributed by atoms with van der Waals surface area (Å²) in [6.07, 6.45) is -3.09. The van der Waals surface area contributed by atoms with Gasteiger partial charge in [0.05, 0.1) is 5.92 Å². The molecule has 6 nitrogen and oxygen atoms in total. The van der Waals surface area contributed by atoms with Gasteiger partial charge in [0.1, 0.15) is 5.75 Å². The van der Waals surface area contributed by atoms with Gasteiger partial charge in [-0.3, -0.25) is 9.59 Å². The van der Waals surface area contributed by atoms with Gasteiger partial charge in [0, 0.05) is 37.9 Å². The molecule has 2 heterocycles. The van der Waals surface area contributed by atoms with Crippen molar-refractivity contribution in [3.8, 4) is 5.75 Å². The summed E-state index contributed by atoms with van der Waals surface area (Å²) in [4.78, 5) is 26.3. The van der Waals surface area contributed by atoms with Crippen molar-refractivity contribution in [1.29, 1.82) is 0 Å². The van der Waals surface area contributed by atoms with Crippen LogP contribution in [0.2, 0.25) is 0 Å². The van der Waals surface area contributed by atoms with Gasteiger partial charge in [-0.05, 0) is 37.1 Å². The van der Waals surface area contributed by atoms with Crippen LogP contribution in [0.4, 0.5) is 18.9 Å². The predicted octanol–water partition coefficient (Wildman–Crippen LogP) is 2.55. The van der Waals surface area contributed by atoms with Crippen molar-refractivity contribution in [2.24, 2.45) is 5.92 Å². The van der Waals surface area contributed by atoms with Crippen molar-refractivity contribution >= 4 is 17.5 Å². The molecule has 2 aliphatic heterocycles. The largest absolute Gasteiger partial charge is 0.573 e. The van der Waals surface area contributed by atoms with E-state index in [4.69, 9.17) is 4.74 Å². The summed E-state index contributed by atoms with van der Waals surface area (Å²) in [6, 6.07) is 5.00. The molecule has 1 N–H and O–H groups in total. The van der Waals surface area contributed by atoms with Crippen LogP contribution in [0, 0.1) is 5.92 Å². The number of hydrogen-bond acceptors (Lipinski definition) is 4. The van der Waals surface area contributed by atoms with Crippen molar-refractivity contribution < 1.29 is 32.2 Å². The minimum atomic E-state index is -4.76. The van der Waals surface area contributed by atoms with Gasteiger partial charge in [-0.2, -0.15) is 0 Å². The highest BCUT2D eigenvalue weighted by atomic mass is 19.4. The molecule has 142 valence electrons. The number of carbonyl (C=O) groups is 2. The Hall–Kier alpha value is -2.29. The summed E-state index contributed by atoms with van der Waals surface area (Å²) in [7, 11) is 0. The maximum absolute atomic E-state index is 12.4. The molecule has 1 aromatic rings. The molecule has 0 spiro atoms. The smallest absolute Gasteiger partial charge is 0.406 e. The molecule has 0 bridgehead atoms. The predicted molar refractivity (Wildman–Crippen MR) is 85.4 cm³/mol. The monoisotopic (exact) mass is 372 g/mol. The third kappa shape index (κ3) is 4.66. The second-order valence-electron chi connectivity index (χ2n) is 6.35. The second-order valence-corrected chi connectivity index (χ2v) is 6.35. The molecule has 2 amide bonds. The van der Waals surface area contributed by atoms with Gasteiger partial charge in [-0.15, -0.1) is 13.2 Å². The lowest BCUT2D eigenvalue weighted by Crippen LogP contribution is -2.41. The standard InChI is InChI=1S/C17H19F3N2O4/c18-17(19,20)26-14-3-1-12(2-4-14)21-16(24)11-9-15(23)22(10-11)13-5-7-25-8-6-13/h1-4,11,13H,5-10H2,(H,21,24). The molecule has 0 saturated carbocycles. The highest BCUT2D eigenvalue weighted by Crippen LogP contribution is 2.27. The Morgan fingerprint density at radius 3 is 2.46 bits per heavy atom. The molecule has 2 aliphatic rings. The first kappa shape index (κ1) is 18.5. The van der Waals surface area contributed by atoms with Gasteiger partial charge in [0.15, 0.2) is 0 Å². The summed E-state index contributed by atoms with van der Waals surface area (Å²) in [5.41, 5.74) is 0.349. The highest BCUT2D eigenvalue weighted by molar-refractivity contribution is 5.97. The SMILES string of the molecule is O=C(Nc1ccc(OC(F)(F)F)cc1)C1CC(=O)N(C2CCOCC2)C1. The van der Waals surface area contributed by atoms with Crippen molar-refractivity contribution in [2.45, 2.75) is 31.7 Å². The number of hydrogen-bond donors (Lipinski definition) is 1. The average Bonchev–Trinajstić information content (AvgIpc) is 2.98. The van der Waals surface area contributed by atoms with Crippen LogP contribution < -0.4 is 10.1 Å². The molecule has 2 fully saturated rings. The van der Waals surface area contributed by atoms with Crippen LogP contribution in [0.5, 0.6) is 5.75 Å². The van der Waals surface area contributed by atoms with E-state index < -0.39 is 12.3 Å². The molecule has 1 atom stereocenters. The van der Waals surface area contributed by atoms with Crippen LogP contribution >= 0.6 is 0 Å². The number of alkyl halides is 3. The van der Waals surface area contributed by atoms with Crippen LogP contribution in [0.3, 0.4) is 0 Å². The van der Waals surface area contributed by atoms with Crippen molar-refractivity contribution in [3.05, 3.63) is 24.3 Å². The minimum absolute atomic E-state index is 0.0500. The Balaban J connectivity index is 1.55. The third-order valence-electron chi connectivity index (χ3n) is 4.52. The Bertz CT molecular complexity index is 657. The molecule has 26 heavy (non-hydrogen) atoms. The number of rotatable bonds is 4. The van der Waals surface area contributed by atoms with Crippen molar-refractivity contribution in [2.75, 3.05) is 25.1 Å². The van der Waals surface area contributed by atoms with Crippen LogP contribution in [0.1, 0.15) is 19.3 Å². The van der Waals surface area contributed by atoms with Crippen LogP contribution in [-0.2, 0) is 14.3 Å². The summed E-state index contributed by atoms with van der Waals surface area (Å²) < 4.78 is 45.5. The molecule has 2 saturated heterocycles. The van der Waals surface area contributed by atoms with E-state index in [1.54, 1.807) is 4.90 Å². The lowest BCUT2D eigenvalue weighted by molar-refractivity contribution is -0.274. The lowest BCUT2D eigenvalue weighted by Gasteiger charge is -2.31. The Kier molecular flexibility index (Phi) is 5.36. The number of nitrogens with one attached hydrogen (secondary N) is 1. The Labute approximate surface area is 148 Å². The van der Waals surface area contributed by atoms with E-state index in [-0.39, 0.29) is 30.0 Å². The van der Waals surface area contributed by atoms with E-state index in [0.29, 0.717) is 25.4 Å². The number of benzene rings is 1. The van der Waals surface area contributed by atoms with Gasteiger partial charge in [0.25, 0.3) is 0 Å². The number of ether oxygens (including phenoxy) is 2. The van der Waals surface area contributed by atoms with Crippen molar-refractivity contribution in [1.82, 2.24) is 4.90 Å². The molecule has 0 radical (unpaired) electrons. The first-order valence-electron chi connectivity index (χ1n) is 8.36. The number of anilines is 1. The van der Waals surface area contributed by atoms with Gasteiger partial charge in [0.2, 0.25) is 11.8 Å². The summed E-state index contributed by atoms with van der Waals surface area (Å²) in [5.74, 6) is -1.21. The van der Waals surface area contributed by atoms with E-state index in [9.17, 15) is 22.8 Å². The molecular weight excluding hydrogens is 353 g/mol. The maximum atomic E-state index is 12.4. The number of carbonyl (C=O) groups excluding carboxylic acids is 2. The first-order valence-corrected chi connectivity index (χ1v) is 8.36. The minimum Gasteiger partial charge on any atom is -0.406 e. The Morgan fingerprint density at radius 2 is 1.85 bits per heavy atom. The third-order valence-corrected chi connectivity index (χ3v) is 4.52. The van der Waals surface area contributed by atoms with E-state index in [0.717, 1.165) is 25.0 Å². The summed E-state index contributed by atoms with van der Waals surface area (Å²) in [6.45, 7) is 1.57. The van der Waals surface area contributed by atoms with Crippen molar-refractivity contribution in [3.63, 3.8) is 0 Å². The molecule has 3 rings (SSSR count). The van der Waals surface area contributed by atoms with Crippen LogP contribution in [-0.4, -0.2) is 48.9 Å². The van der Waals surface area contributed by atoms with Crippen LogP contribution in [0.15, 0.2) is 24.3 Å². The normalized spacial score (nSPS) is 21.7. The highest BCUT2D eigenvalue weighted by Gasteiger charge is 2.38. The zero-order valence-corrected chi connectivity index (χ0v) is 13.9. The summed E-state index contributed by atoms with van der Waals surface area (Å²) in [5, 5.41) is 2.64. The van der Waals surface area contributed by atoms with E-state index in [1.807, 2.05) is 0 Å². The molecule has 1 aromatic carbocycles. The molecule has 0 aromatic heterocycles. The second kappa shape index (κ2) is 7.53. The van der Waals surface area contributed by atoms with E-state index in [2.05, 4.69) is 10.1 Å². The zero-order chi connectivity index (χ0) is 18.7.